The Balaban J connectivity index is 2.09. The van der Waals surface area contributed by atoms with E-state index in [1.807, 2.05) is 11.8 Å². The molecule has 1 aromatic carbocycles. The average Bonchev–Trinajstić information content (AvgIpc) is 2.48. The largest absolute Gasteiger partial charge is 0.0892 e. The maximum absolute atomic E-state index is 2.28. The molecule has 3 rings (SSSR count). The lowest BCUT2D eigenvalue weighted by Gasteiger charge is -2.10. The molecular weight excluding hydrogens is 200 g/mol. The van der Waals surface area contributed by atoms with Crippen LogP contribution >= 0.6 is 11.8 Å². The van der Waals surface area contributed by atoms with E-state index in [0.717, 1.165) is 0 Å². The standard InChI is InChI=1S/C14H12S/c1-3-7-13-11(5-1)9-10-12-6-2-4-8-14(12)15-13/h1,3-5,7-10H,2,6H2. The maximum Gasteiger partial charge on any atom is 0.0194 e. The smallest absolute Gasteiger partial charge is 0.0194 e. The van der Waals surface area contributed by atoms with E-state index in [1.54, 1.807) is 0 Å². The number of fused-ring (bicyclic) bond motifs is 1. The van der Waals surface area contributed by atoms with Crippen LogP contribution in [0.15, 0.2) is 57.9 Å². The number of hydrogen-bond acceptors (Lipinski definition) is 1. The average molecular weight is 212 g/mol. The van der Waals surface area contributed by atoms with E-state index in [0.29, 0.717) is 0 Å². The highest BCUT2D eigenvalue weighted by molar-refractivity contribution is 8.03. The van der Waals surface area contributed by atoms with Crippen molar-refractivity contribution in [2.75, 3.05) is 0 Å². The summed E-state index contributed by atoms with van der Waals surface area (Å²) >= 11 is 1.89. The van der Waals surface area contributed by atoms with Crippen molar-refractivity contribution in [1.29, 1.82) is 0 Å². The molecule has 1 aliphatic carbocycles. The van der Waals surface area contributed by atoms with Gasteiger partial charge in [-0.05, 0) is 30.0 Å². The van der Waals surface area contributed by atoms with Gasteiger partial charge < -0.3 is 0 Å². The quantitative estimate of drug-likeness (QED) is 0.614. The Kier molecular flexibility index (Phi) is 2.26. The SMILES string of the molecule is C1=CC2=C(C=Cc3ccccc3S2)CC1. The molecule has 0 atom stereocenters. The van der Waals surface area contributed by atoms with Gasteiger partial charge in [-0.3, -0.25) is 0 Å². The minimum absolute atomic E-state index is 1.18. The van der Waals surface area contributed by atoms with Crippen LogP contribution in [0.5, 0.6) is 0 Å². The van der Waals surface area contributed by atoms with Crippen LogP contribution in [0.25, 0.3) is 6.08 Å². The molecule has 0 amide bonds. The van der Waals surface area contributed by atoms with Gasteiger partial charge in [0.15, 0.2) is 0 Å². The Morgan fingerprint density at radius 3 is 2.93 bits per heavy atom. The van der Waals surface area contributed by atoms with E-state index >= 15 is 0 Å². The van der Waals surface area contributed by atoms with Gasteiger partial charge in [-0.25, -0.2) is 0 Å². The number of allylic oxidation sites excluding steroid dienone is 4. The zero-order chi connectivity index (χ0) is 10.1. The Hall–Kier alpha value is -1.21. The number of hydrogen-bond donors (Lipinski definition) is 0. The lowest BCUT2D eigenvalue weighted by molar-refractivity contribution is 0.988. The van der Waals surface area contributed by atoms with Gasteiger partial charge in [0.2, 0.25) is 0 Å². The molecule has 0 saturated carbocycles. The molecule has 15 heavy (non-hydrogen) atoms. The first-order valence-electron chi connectivity index (χ1n) is 5.28. The summed E-state index contributed by atoms with van der Waals surface area (Å²) in [6.07, 6.45) is 11.4. The van der Waals surface area contributed by atoms with Crippen molar-refractivity contribution in [2.24, 2.45) is 0 Å². The summed E-state index contributed by atoms with van der Waals surface area (Å²) in [7, 11) is 0. The van der Waals surface area contributed by atoms with Crippen molar-refractivity contribution in [2.45, 2.75) is 17.7 Å². The monoisotopic (exact) mass is 212 g/mol. The fourth-order valence-electron chi connectivity index (χ4n) is 1.94. The molecule has 0 spiro atoms. The zero-order valence-corrected chi connectivity index (χ0v) is 9.26. The van der Waals surface area contributed by atoms with E-state index in [2.05, 4.69) is 48.6 Å². The Morgan fingerprint density at radius 1 is 1.00 bits per heavy atom. The highest BCUT2D eigenvalue weighted by Gasteiger charge is 2.12. The number of benzene rings is 1. The zero-order valence-electron chi connectivity index (χ0n) is 8.44. The predicted molar refractivity (Wildman–Crippen MR) is 66.7 cm³/mol. The summed E-state index contributed by atoms with van der Waals surface area (Å²) in [5.41, 5.74) is 2.82. The molecule has 0 radical (unpaired) electrons. The fraction of sp³-hybridized carbons (Fsp3) is 0.143. The van der Waals surface area contributed by atoms with E-state index in [4.69, 9.17) is 0 Å². The lowest BCUT2D eigenvalue weighted by atomic mass is 10.0. The van der Waals surface area contributed by atoms with Crippen molar-refractivity contribution in [1.82, 2.24) is 0 Å². The van der Waals surface area contributed by atoms with E-state index in [1.165, 1.54) is 33.8 Å². The van der Waals surface area contributed by atoms with Crippen LogP contribution in [-0.4, -0.2) is 0 Å². The van der Waals surface area contributed by atoms with E-state index < -0.39 is 0 Å². The molecule has 2 aliphatic rings. The highest BCUT2D eigenvalue weighted by atomic mass is 32.2. The summed E-state index contributed by atoms with van der Waals surface area (Å²) < 4.78 is 0. The van der Waals surface area contributed by atoms with Crippen LogP contribution in [0.4, 0.5) is 0 Å². The molecule has 0 N–H and O–H groups in total. The lowest BCUT2D eigenvalue weighted by Crippen LogP contribution is -1.87. The summed E-state index contributed by atoms with van der Waals surface area (Å²) in [6, 6.07) is 8.59. The first kappa shape index (κ1) is 9.05. The van der Waals surface area contributed by atoms with Gasteiger partial charge in [0.25, 0.3) is 0 Å². The second-order valence-corrected chi connectivity index (χ2v) is 4.89. The molecule has 1 aromatic rings. The summed E-state index contributed by atoms with van der Waals surface area (Å²) in [4.78, 5) is 2.78. The van der Waals surface area contributed by atoms with Crippen LogP contribution in [0, 0.1) is 0 Å². The van der Waals surface area contributed by atoms with E-state index in [9.17, 15) is 0 Å². The van der Waals surface area contributed by atoms with E-state index in [-0.39, 0.29) is 0 Å². The van der Waals surface area contributed by atoms with Gasteiger partial charge in [-0.1, -0.05) is 54.3 Å². The maximum atomic E-state index is 2.28. The van der Waals surface area contributed by atoms with Crippen molar-refractivity contribution in [3.8, 4) is 0 Å². The molecule has 0 nitrogen and oxygen atoms in total. The van der Waals surface area contributed by atoms with Gasteiger partial charge >= 0.3 is 0 Å². The number of thioether (sulfide) groups is 1. The molecule has 0 bridgehead atoms. The predicted octanol–water partition coefficient (Wildman–Crippen LogP) is 4.41. The first-order valence-corrected chi connectivity index (χ1v) is 6.10. The fourth-order valence-corrected chi connectivity index (χ4v) is 3.05. The molecular formula is C14H12S. The van der Waals surface area contributed by atoms with Crippen molar-refractivity contribution < 1.29 is 0 Å². The third-order valence-electron chi connectivity index (χ3n) is 2.77. The van der Waals surface area contributed by atoms with Gasteiger partial charge in [0.05, 0.1) is 0 Å². The topological polar surface area (TPSA) is 0 Å². The molecule has 0 saturated heterocycles. The van der Waals surface area contributed by atoms with Gasteiger partial charge in [0, 0.05) is 9.80 Å². The summed E-state index contributed by atoms with van der Waals surface area (Å²) in [5.74, 6) is 0. The minimum Gasteiger partial charge on any atom is -0.0892 e. The van der Waals surface area contributed by atoms with Crippen LogP contribution in [0.3, 0.4) is 0 Å². The van der Waals surface area contributed by atoms with Crippen LogP contribution in [0.1, 0.15) is 18.4 Å². The van der Waals surface area contributed by atoms with Crippen LogP contribution < -0.4 is 0 Å². The normalized spacial score (nSPS) is 18.4. The Labute approximate surface area is 94.4 Å². The first-order chi connectivity index (χ1) is 7.43. The van der Waals surface area contributed by atoms with Crippen LogP contribution in [0.2, 0.25) is 0 Å². The van der Waals surface area contributed by atoms with Crippen molar-refractivity contribution in [3.63, 3.8) is 0 Å². The van der Waals surface area contributed by atoms with Crippen molar-refractivity contribution >= 4 is 17.8 Å². The second-order valence-electron chi connectivity index (χ2n) is 3.80. The molecule has 1 aliphatic heterocycles. The minimum atomic E-state index is 1.18. The molecule has 1 heterocycles. The molecule has 74 valence electrons. The Morgan fingerprint density at radius 2 is 1.93 bits per heavy atom. The second kappa shape index (κ2) is 3.74. The summed E-state index contributed by atoms with van der Waals surface area (Å²) in [6.45, 7) is 0. The molecule has 1 heteroatoms. The van der Waals surface area contributed by atoms with Crippen molar-refractivity contribution in [3.05, 3.63) is 58.5 Å². The van der Waals surface area contributed by atoms with Gasteiger partial charge in [-0.2, -0.15) is 0 Å². The van der Waals surface area contributed by atoms with Crippen LogP contribution in [-0.2, 0) is 0 Å². The summed E-state index contributed by atoms with van der Waals surface area (Å²) in [5, 5.41) is 0. The van der Waals surface area contributed by atoms with Gasteiger partial charge in [-0.15, -0.1) is 0 Å². The molecule has 0 fully saturated rings. The Bertz CT molecular complexity index is 478. The third kappa shape index (κ3) is 1.68. The van der Waals surface area contributed by atoms with Gasteiger partial charge in [0.1, 0.15) is 0 Å². The molecule has 0 aromatic heterocycles. The number of rotatable bonds is 0. The highest BCUT2D eigenvalue weighted by Crippen LogP contribution is 2.39. The molecule has 0 unspecified atom stereocenters. The third-order valence-corrected chi connectivity index (χ3v) is 3.98.